The number of anilines is 2. The summed E-state index contributed by atoms with van der Waals surface area (Å²) in [6, 6.07) is 16.0. The third kappa shape index (κ3) is 5.12. The molecule has 0 bridgehead atoms. The molecule has 0 saturated carbocycles. The normalized spacial score (nSPS) is 11.3. The second-order valence-corrected chi connectivity index (χ2v) is 6.79. The predicted octanol–water partition coefficient (Wildman–Crippen LogP) is 5.98. The molecule has 0 fully saturated rings. The van der Waals surface area contributed by atoms with Gasteiger partial charge in [-0.05, 0) is 60.7 Å². The van der Waals surface area contributed by atoms with E-state index in [0.29, 0.717) is 11.0 Å². The Hall–Kier alpha value is -4.34. The molecule has 2 N–H and O–H groups in total. The van der Waals surface area contributed by atoms with Gasteiger partial charge in [0.2, 0.25) is 5.76 Å². The molecule has 4 aromatic rings. The Balaban J connectivity index is 1.60. The maximum atomic E-state index is 13.2. The minimum atomic E-state index is -4.84. The molecular weight excluding hydrogens is 444 g/mol. The van der Waals surface area contributed by atoms with E-state index in [9.17, 15) is 27.2 Å². The van der Waals surface area contributed by atoms with Gasteiger partial charge in [-0.15, -0.1) is 13.2 Å². The highest BCUT2D eigenvalue weighted by molar-refractivity contribution is 6.16. The number of furan rings is 1. The molecule has 3 aromatic carbocycles. The molecule has 0 atom stereocenters. The fourth-order valence-electron chi connectivity index (χ4n) is 3.04. The Labute approximate surface area is 183 Å². The summed E-state index contributed by atoms with van der Waals surface area (Å²) in [6.07, 6.45) is -4.84. The van der Waals surface area contributed by atoms with Crippen molar-refractivity contribution in [3.8, 4) is 5.75 Å². The van der Waals surface area contributed by atoms with Crippen molar-refractivity contribution in [3.63, 3.8) is 0 Å². The van der Waals surface area contributed by atoms with Gasteiger partial charge in [-0.1, -0.05) is 12.1 Å². The molecule has 0 aliphatic rings. The number of halogens is 4. The van der Waals surface area contributed by atoms with E-state index in [-0.39, 0.29) is 22.7 Å². The lowest BCUT2D eigenvalue weighted by Gasteiger charge is -2.10. The van der Waals surface area contributed by atoms with Crippen LogP contribution in [0.15, 0.2) is 77.2 Å². The van der Waals surface area contributed by atoms with Gasteiger partial charge in [-0.25, -0.2) is 4.39 Å². The average molecular weight is 458 g/mol. The first-order valence-electron chi connectivity index (χ1n) is 9.45. The first kappa shape index (κ1) is 21.9. The summed E-state index contributed by atoms with van der Waals surface area (Å²) in [5.74, 6) is -2.51. The SMILES string of the molecule is O=C(Nc1c(C(=O)Nc2ccc(OC(F)(F)F)cc2)oc2ccccc12)c1ccc(F)cc1. The largest absolute Gasteiger partial charge is 0.573 e. The Kier molecular flexibility index (Phi) is 5.74. The van der Waals surface area contributed by atoms with Gasteiger partial charge in [0, 0.05) is 16.6 Å². The first-order valence-corrected chi connectivity index (χ1v) is 9.45. The molecule has 4 rings (SSSR count). The van der Waals surface area contributed by atoms with Crippen LogP contribution in [0, 0.1) is 5.82 Å². The molecule has 10 heteroatoms. The van der Waals surface area contributed by atoms with Crippen LogP contribution in [0.3, 0.4) is 0 Å². The van der Waals surface area contributed by atoms with Crippen LogP contribution >= 0.6 is 0 Å². The van der Waals surface area contributed by atoms with Gasteiger partial charge in [0.05, 0.1) is 0 Å². The van der Waals surface area contributed by atoms with Crippen molar-refractivity contribution < 1.29 is 36.3 Å². The molecule has 1 heterocycles. The van der Waals surface area contributed by atoms with Crippen LogP contribution < -0.4 is 15.4 Å². The molecular formula is C23H14F4N2O4. The number of rotatable bonds is 5. The smallest absolute Gasteiger partial charge is 0.449 e. The topological polar surface area (TPSA) is 80.6 Å². The van der Waals surface area contributed by atoms with E-state index in [1.165, 1.54) is 24.3 Å². The van der Waals surface area contributed by atoms with Crippen LogP contribution in [0.25, 0.3) is 11.0 Å². The number of amides is 2. The number of hydrogen-bond acceptors (Lipinski definition) is 4. The van der Waals surface area contributed by atoms with E-state index in [0.717, 1.165) is 24.3 Å². The zero-order valence-electron chi connectivity index (χ0n) is 16.6. The second kappa shape index (κ2) is 8.65. The van der Waals surface area contributed by atoms with Gasteiger partial charge in [0.25, 0.3) is 11.8 Å². The molecule has 0 saturated heterocycles. The van der Waals surface area contributed by atoms with E-state index < -0.39 is 29.7 Å². The Morgan fingerprint density at radius 3 is 2.15 bits per heavy atom. The molecule has 0 spiro atoms. The van der Waals surface area contributed by atoms with Crippen molar-refractivity contribution >= 4 is 34.2 Å². The Morgan fingerprint density at radius 2 is 1.48 bits per heavy atom. The summed E-state index contributed by atoms with van der Waals surface area (Å²) in [5, 5.41) is 5.56. The van der Waals surface area contributed by atoms with Crippen LogP contribution in [0.5, 0.6) is 5.75 Å². The number of hydrogen-bond donors (Lipinski definition) is 2. The predicted molar refractivity (Wildman–Crippen MR) is 112 cm³/mol. The Bertz CT molecular complexity index is 1310. The number of para-hydroxylation sites is 1. The molecule has 33 heavy (non-hydrogen) atoms. The summed E-state index contributed by atoms with van der Waals surface area (Å²) in [7, 11) is 0. The summed E-state index contributed by atoms with van der Waals surface area (Å²) in [4.78, 5) is 25.5. The highest BCUT2D eigenvalue weighted by Crippen LogP contribution is 2.32. The van der Waals surface area contributed by atoms with Crippen LogP contribution in [-0.4, -0.2) is 18.2 Å². The van der Waals surface area contributed by atoms with Crippen molar-refractivity contribution in [2.24, 2.45) is 0 Å². The fourth-order valence-corrected chi connectivity index (χ4v) is 3.04. The summed E-state index contributed by atoms with van der Waals surface area (Å²) in [5.41, 5.74) is 0.750. The number of carbonyl (C=O) groups is 2. The van der Waals surface area contributed by atoms with E-state index in [2.05, 4.69) is 15.4 Å². The monoisotopic (exact) mass is 458 g/mol. The zero-order chi connectivity index (χ0) is 23.6. The van der Waals surface area contributed by atoms with Gasteiger partial charge >= 0.3 is 6.36 Å². The molecule has 1 aromatic heterocycles. The van der Waals surface area contributed by atoms with Crippen molar-refractivity contribution in [1.82, 2.24) is 0 Å². The van der Waals surface area contributed by atoms with Crippen LogP contribution in [0.1, 0.15) is 20.9 Å². The minimum absolute atomic E-state index is 0.0921. The zero-order valence-corrected chi connectivity index (χ0v) is 16.6. The highest BCUT2D eigenvalue weighted by Gasteiger charge is 2.31. The van der Waals surface area contributed by atoms with Gasteiger partial charge in [-0.2, -0.15) is 0 Å². The second-order valence-electron chi connectivity index (χ2n) is 6.79. The molecule has 6 nitrogen and oxygen atoms in total. The van der Waals surface area contributed by atoms with Crippen molar-refractivity contribution in [2.45, 2.75) is 6.36 Å². The Morgan fingerprint density at radius 1 is 0.818 bits per heavy atom. The number of nitrogens with one attached hydrogen (secondary N) is 2. The summed E-state index contributed by atoms with van der Waals surface area (Å²) in [6.45, 7) is 0. The lowest BCUT2D eigenvalue weighted by molar-refractivity contribution is -0.274. The number of fused-ring (bicyclic) bond motifs is 1. The van der Waals surface area contributed by atoms with Crippen LogP contribution in [0.4, 0.5) is 28.9 Å². The van der Waals surface area contributed by atoms with E-state index in [1.807, 2.05) is 0 Å². The van der Waals surface area contributed by atoms with Crippen molar-refractivity contribution in [3.05, 3.63) is 89.9 Å². The van der Waals surface area contributed by atoms with Gasteiger partial charge in [-0.3, -0.25) is 9.59 Å². The fraction of sp³-hybridized carbons (Fsp3) is 0.0435. The van der Waals surface area contributed by atoms with Crippen LogP contribution in [0.2, 0.25) is 0 Å². The molecule has 168 valence electrons. The number of ether oxygens (including phenoxy) is 1. The standard InChI is InChI=1S/C23H14F4N2O4/c24-14-7-5-13(6-8-14)21(30)29-19-17-3-1-2-4-18(17)32-20(19)22(31)28-15-9-11-16(12-10-15)33-23(25,26)27/h1-12H,(H,28,31)(H,29,30). The quantitative estimate of drug-likeness (QED) is 0.361. The lowest BCUT2D eigenvalue weighted by Crippen LogP contribution is -2.18. The van der Waals surface area contributed by atoms with Crippen molar-refractivity contribution in [1.29, 1.82) is 0 Å². The minimum Gasteiger partial charge on any atom is -0.449 e. The number of benzene rings is 3. The van der Waals surface area contributed by atoms with Crippen molar-refractivity contribution in [2.75, 3.05) is 10.6 Å². The maximum Gasteiger partial charge on any atom is 0.573 e. The highest BCUT2D eigenvalue weighted by atomic mass is 19.4. The van der Waals surface area contributed by atoms with Gasteiger partial charge in [0.15, 0.2) is 0 Å². The van der Waals surface area contributed by atoms with Gasteiger partial charge < -0.3 is 19.8 Å². The molecule has 0 radical (unpaired) electrons. The molecule has 0 unspecified atom stereocenters. The van der Waals surface area contributed by atoms with E-state index in [1.54, 1.807) is 24.3 Å². The average Bonchev–Trinajstić information content (AvgIpc) is 3.13. The first-order chi connectivity index (χ1) is 15.7. The van der Waals surface area contributed by atoms with Gasteiger partial charge in [0.1, 0.15) is 22.8 Å². The molecule has 0 aliphatic carbocycles. The summed E-state index contributed by atoms with van der Waals surface area (Å²) < 4.78 is 59.5. The number of alkyl halides is 3. The number of carbonyl (C=O) groups excluding carboxylic acids is 2. The third-order valence-electron chi connectivity index (χ3n) is 4.49. The van der Waals surface area contributed by atoms with E-state index >= 15 is 0 Å². The molecule has 0 aliphatic heterocycles. The lowest BCUT2D eigenvalue weighted by atomic mass is 10.1. The van der Waals surface area contributed by atoms with Crippen LogP contribution in [-0.2, 0) is 0 Å². The van der Waals surface area contributed by atoms with E-state index in [4.69, 9.17) is 4.42 Å². The summed E-state index contributed by atoms with van der Waals surface area (Å²) >= 11 is 0. The maximum absolute atomic E-state index is 13.2. The molecule has 2 amide bonds. The third-order valence-corrected chi connectivity index (χ3v) is 4.49.